The third-order valence-corrected chi connectivity index (χ3v) is 5.02. The number of oxazole rings is 1. The summed E-state index contributed by atoms with van der Waals surface area (Å²) in [5, 5.41) is 2.95. The molecule has 3 aromatic rings. The number of benzene rings is 1. The highest BCUT2D eigenvalue weighted by atomic mass is 16.5. The number of aromatic nitrogens is 2. The van der Waals surface area contributed by atoms with Crippen LogP contribution in [0.2, 0.25) is 0 Å². The minimum atomic E-state index is -0.0493. The predicted molar refractivity (Wildman–Crippen MR) is 109 cm³/mol. The molecule has 2 aromatic heterocycles. The van der Waals surface area contributed by atoms with Crippen molar-refractivity contribution < 1.29 is 13.9 Å². The van der Waals surface area contributed by atoms with Crippen LogP contribution < -0.4 is 5.32 Å². The van der Waals surface area contributed by atoms with E-state index in [2.05, 4.69) is 20.2 Å². The Balaban J connectivity index is 1.39. The summed E-state index contributed by atoms with van der Waals surface area (Å²) in [5.41, 5.74) is 3.52. The van der Waals surface area contributed by atoms with Gasteiger partial charge in [0.25, 0.3) is 0 Å². The first-order valence-corrected chi connectivity index (χ1v) is 9.71. The molecule has 0 radical (unpaired) electrons. The Morgan fingerprint density at radius 1 is 1.28 bits per heavy atom. The van der Waals surface area contributed by atoms with Gasteiger partial charge >= 0.3 is 0 Å². The van der Waals surface area contributed by atoms with Gasteiger partial charge in [0, 0.05) is 37.3 Å². The first kappa shape index (κ1) is 19.3. The molecule has 1 amide bonds. The van der Waals surface area contributed by atoms with E-state index in [0.717, 1.165) is 29.1 Å². The number of hydrogen-bond acceptors (Lipinski definition) is 6. The van der Waals surface area contributed by atoms with Crippen LogP contribution in [0.5, 0.6) is 0 Å². The topological polar surface area (TPSA) is 80.5 Å². The smallest absolute Gasteiger partial charge is 0.226 e. The summed E-state index contributed by atoms with van der Waals surface area (Å²) in [5.74, 6) is 0.557. The van der Waals surface area contributed by atoms with Crippen molar-refractivity contribution in [3.63, 3.8) is 0 Å². The lowest BCUT2D eigenvalue weighted by Crippen LogP contribution is -2.46. The lowest BCUT2D eigenvalue weighted by Gasteiger charge is -2.34. The van der Waals surface area contributed by atoms with E-state index in [4.69, 9.17) is 9.15 Å². The summed E-state index contributed by atoms with van der Waals surface area (Å²) in [6.07, 6.45) is 5.41. The Morgan fingerprint density at radius 2 is 2.14 bits per heavy atom. The number of aryl methyl sites for hydroxylation is 1. The zero-order chi connectivity index (χ0) is 20.1. The van der Waals surface area contributed by atoms with Gasteiger partial charge in [-0.15, -0.1) is 0 Å². The molecule has 4 rings (SSSR count). The molecular formula is C22H24N4O3. The van der Waals surface area contributed by atoms with E-state index < -0.39 is 0 Å². The van der Waals surface area contributed by atoms with Crippen LogP contribution in [0.15, 0.2) is 59.5 Å². The number of ether oxygens (including phenoxy) is 1. The fraction of sp³-hybridized carbons (Fsp3) is 0.318. The number of pyridine rings is 1. The molecular weight excluding hydrogens is 368 g/mol. The number of hydrogen-bond donors (Lipinski definition) is 1. The SMILES string of the molecule is Cc1ccncc1NC(=O)C[C@@H]1COCCN1Cc1coc(-c2ccccc2)n1. The zero-order valence-electron chi connectivity index (χ0n) is 16.4. The number of nitrogens with one attached hydrogen (secondary N) is 1. The van der Waals surface area contributed by atoms with Crippen molar-refractivity contribution in [1.82, 2.24) is 14.9 Å². The van der Waals surface area contributed by atoms with Crippen LogP contribution in [0.1, 0.15) is 17.7 Å². The second-order valence-corrected chi connectivity index (χ2v) is 7.15. The molecule has 1 aliphatic heterocycles. The Kier molecular flexibility index (Phi) is 5.97. The van der Waals surface area contributed by atoms with Crippen LogP contribution in [0, 0.1) is 6.92 Å². The Morgan fingerprint density at radius 3 is 2.97 bits per heavy atom. The Bertz CT molecular complexity index is 957. The molecule has 7 heteroatoms. The molecule has 150 valence electrons. The maximum Gasteiger partial charge on any atom is 0.226 e. The first-order chi connectivity index (χ1) is 14.2. The number of nitrogens with zero attached hydrogens (tertiary/aromatic N) is 3. The van der Waals surface area contributed by atoms with Gasteiger partial charge in [-0.2, -0.15) is 0 Å². The summed E-state index contributed by atoms with van der Waals surface area (Å²) >= 11 is 0. The number of anilines is 1. The second-order valence-electron chi connectivity index (χ2n) is 7.15. The summed E-state index contributed by atoms with van der Waals surface area (Å²) in [7, 11) is 0. The molecule has 7 nitrogen and oxygen atoms in total. The summed E-state index contributed by atoms with van der Waals surface area (Å²) in [6, 6.07) is 11.7. The largest absolute Gasteiger partial charge is 0.444 e. The average molecular weight is 392 g/mol. The van der Waals surface area contributed by atoms with E-state index >= 15 is 0 Å². The van der Waals surface area contributed by atoms with Gasteiger partial charge in [-0.3, -0.25) is 14.7 Å². The molecule has 3 heterocycles. The van der Waals surface area contributed by atoms with Crippen LogP contribution in [-0.4, -0.2) is 46.6 Å². The zero-order valence-corrected chi connectivity index (χ0v) is 16.4. The molecule has 0 saturated carbocycles. The summed E-state index contributed by atoms with van der Waals surface area (Å²) in [6.45, 7) is 4.47. The Labute approximate surface area is 169 Å². The molecule has 0 unspecified atom stereocenters. The number of amides is 1. The molecule has 1 atom stereocenters. The second kappa shape index (κ2) is 8.98. The Hall–Kier alpha value is -3.03. The lowest BCUT2D eigenvalue weighted by molar-refractivity contribution is -0.119. The van der Waals surface area contributed by atoms with Crippen LogP contribution in [0.4, 0.5) is 5.69 Å². The number of carbonyl (C=O) groups is 1. The van der Waals surface area contributed by atoms with E-state index in [1.807, 2.05) is 43.3 Å². The van der Waals surface area contributed by atoms with E-state index in [1.165, 1.54) is 0 Å². The highest BCUT2D eigenvalue weighted by Gasteiger charge is 2.26. The molecule has 0 bridgehead atoms. The van der Waals surface area contributed by atoms with Crippen LogP contribution in [-0.2, 0) is 16.1 Å². The fourth-order valence-corrected chi connectivity index (χ4v) is 3.40. The number of morpholine rings is 1. The van der Waals surface area contributed by atoms with Gasteiger partial charge in [0.15, 0.2) is 0 Å². The third-order valence-electron chi connectivity index (χ3n) is 5.02. The van der Waals surface area contributed by atoms with Crippen molar-refractivity contribution in [2.24, 2.45) is 0 Å². The highest BCUT2D eigenvalue weighted by molar-refractivity contribution is 5.91. The fourth-order valence-electron chi connectivity index (χ4n) is 3.40. The minimum absolute atomic E-state index is 0.0161. The molecule has 1 saturated heterocycles. The van der Waals surface area contributed by atoms with E-state index in [-0.39, 0.29) is 11.9 Å². The van der Waals surface area contributed by atoms with Crippen LogP contribution >= 0.6 is 0 Å². The highest BCUT2D eigenvalue weighted by Crippen LogP contribution is 2.21. The maximum absolute atomic E-state index is 12.6. The quantitative estimate of drug-likeness (QED) is 0.693. The van der Waals surface area contributed by atoms with E-state index in [0.29, 0.717) is 32.1 Å². The molecule has 0 spiro atoms. The van der Waals surface area contributed by atoms with Crippen LogP contribution in [0.25, 0.3) is 11.5 Å². The van der Waals surface area contributed by atoms with Gasteiger partial charge < -0.3 is 14.5 Å². The van der Waals surface area contributed by atoms with E-state index in [1.54, 1.807) is 18.7 Å². The first-order valence-electron chi connectivity index (χ1n) is 9.71. The van der Waals surface area contributed by atoms with Crippen molar-refractivity contribution in [2.45, 2.75) is 25.9 Å². The van der Waals surface area contributed by atoms with E-state index in [9.17, 15) is 4.79 Å². The summed E-state index contributed by atoms with van der Waals surface area (Å²) < 4.78 is 11.3. The monoisotopic (exact) mass is 392 g/mol. The standard InChI is InChI=1S/C22H24N4O3/c1-16-7-8-23-12-20(16)25-21(27)11-19-15-28-10-9-26(19)13-18-14-29-22(24-18)17-5-3-2-4-6-17/h2-8,12,14,19H,9-11,13,15H2,1H3,(H,25,27)/t19-/m1/s1. The van der Waals surface area contributed by atoms with Crippen molar-refractivity contribution >= 4 is 11.6 Å². The van der Waals surface area contributed by atoms with Crippen molar-refractivity contribution in [3.8, 4) is 11.5 Å². The number of rotatable bonds is 6. The van der Waals surface area contributed by atoms with Gasteiger partial charge in [-0.1, -0.05) is 18.2 Å². The normalized spacial score (nSPS) is 17.2. The van der Waals surface area contributed by atoms with Gasteiger partial charge in [0.1, 0.15) is 6.26 Å². The molecule has 1 fully saturated rings. The van der Waals surface area contributed by atoms with Crippen molar-refractivity contribution in [3.05, 3.63) is 66.3 Å². The third kappa shape index (κ3) is 4.88. The average Bonchev–Trinajstić information content (AvgIpc) is 3.20. The molecule has 1 aromatic carbocycles. The molecule has 1 N–H and O–H groups in total. The minimum Gasteiger partial charge on any atom is -0.444 e. The molecule has 1 aliphatic rings. The van der Waals surface area contributed by atoms with Gasteiger partial charge in [-0.05, 0) is 30.7 Å². The van der Waals surface area contributed by atoms with Crippen molar-refractivity contribution in [2.75, 3.05) is 25.1 Å². The lowest BCUT2D eigenvalue weighted by atomic mass is 10.1. The van der Waals surface area contributed by atoms with Crippen LogP contribution in [0.3, 0.4) is 0 Å². The van der Waals surface area contributed by atoms with Crippen molar-refractivity contribution in [1.29, 1.82) is 0 Å². The van der Waals surface area contributed by atoms with Gasteiger partial charge in [0.05, 0.1) is 30.8 Å². The summed E-state index contributed by atoms with van der Waals surface area (Å²) in [4.78, 5) is 23.5. The molecule has 29 heavy (non-hydrogen) atoms. The number of carbonyl (C=O) groups excluding carboxylic acids is 1. The predicted octanol–water partition coefficient (Wildman–Crippen LogP) is 3.27. The van der Waals surface area contributed by atoms with Gasteiger partial charge in [-0.25, -0.2) is 4.98 Å². The van der Waals surface area contributed by atoms with Gasteiger partial charge in [0.2, 0.25) is 11.8 Å². The maximum atomic E-state index is 12.6. The molecule has 0 aliphatic carbocycles.